The average molecular weight is 414 g/mol. The number of nitrogens with zero attached hydrogens (tertiary/aromatic N) is 3. The molecular formula is C19H19N5O2S2. The molecule has 0 radical (unpaired) electrons. The Balaban J connectivity index is 1.41. The highest BCUT2D eigenvalue weighted by molar-refractivity contribution is 7.99. The number of nitrogens with one attached hydrogen (secondary N) is 2. The van der Waals surface area contributed by atoms with Gasteiger partial charge in [0.2, 0.25) is 10.9 Å². The van der Waals surface area contributed by atoms with Gasteiger partial charge in [-0.1, -0.05) is 35.1 Å². The highest BCUT2D eigenvalue weighted by Crippen LogP contribution is 2.18. The number of aromatic nitrogens is 3. The Hall–Kier alpha value is -2.78. The Morgan fingerprint density at radius 2 is 1.96 bits per heavy atom. The molecule has 0 fully saturated rings. The zero-order chi connectivity index (χ0) is 19.8. The molecule has 9 heteroatoms. The van der Waals surface area contributed by atoms with E-state index in [9.17, 15) is 9.59 Å². The minimum absolute atomic E-state index is 0.0595. The number of benzene rings is 1. The lowest BCUT2D eigenvalue weighted by molar-refractivity contribution is -0.118. The molecule has 2 aromatic heterocycles. The van der Waals surface area contributed by atoms with E-state index in [0.717, 1.165) is 11.1 Å². The van der Waals surface area contributed by atoms with E-state index < -0.39 is 0 Å². The van der Waals surface area contributed by atoms with Gasteiger partial charge in [0.1, 0.15) is 5.01 Å². The molecule has 28 heavy (non-hydrogen) atoms. The standard InChI is InChI=1S/C19H19N5O2S2/c1-13-4-6-15(7-5-13)22-18(26)19-24-23-17(28-19)12-27-11-16(25)21-10-14-3-2-8-20-9-14/h2-9H,10-12H2,1H3,(H,21,25)(H,22,26). The quantitative estimate of drug-likeness (QED) is 0.589. The van der Waals surface area contributed by atoms with Gasteiger partial charge in [-0.25, -0.2) is 0 Å². The van der Waals surface area contributed by atoms with Crippen LogP contribution in [0, 0.1) is 6.92 Å². The van der Waals surface area contributed by atoms with Crippen LogP contribution < -0.4 is 10.6 Å². The predicted octanol–water partition coefficient (Wildman–Crippen LogP) is 3.04. The first kappa shape index (κ1) is 20.0. The van der Waals surface area contributed by atoms with Gasteiger partial charge in [0.15, 0.2) is 0 Å². The second-order valence-electron chi connectivity index (χ2n) is 5.95. The number of hydrogen-bond acceptors (Lipinski definition) is 7. The number of rotatable bonds is 8. The fourth-order valence-electron chi connectivity index (χ4n) is 2.21. The second kappa shape index (κ2) is 9.95. The fourth-order valence-corrected chi connectivity index (χ4v) is 3.85. The second-order valence-corrected chi connectivity index (χ2v) is 8.00. The summed E-state index contributed by atoms with van der Waals surface area (Å²) in [5, 5.41) is 14.6. The van der Waals surface area contributed by atoms with Crippen LogP contribution in [-0.4, -0.2) is 32.7 Å². The van der Waals surface area contributed by atoms with Crippen LogP contribution in [0.3, 0.4) is 0 Å². The molecule has 0 saturated carbocycles. The van der Waals surface area contributed by atoms with Crippen molar-refractivity contribution in [2.24, 2.45) is 0 Å². The Morgan fingerprint density at radius 1 is 1.14 bits per heavy atom. The molecule has 2 heterocycles. The summed E-state index contributed by atoms with van der Waals surface area (Å²) in [7, 11) is 0. The van der Waals surface area contributed by atoms with E-state index in [1.807, 2.05) is 43.3 Å². The summed E-state index contributed by atoms with van der Waals surface area (Å²) in [6.07, 6.45) is 3.41. The maximum absolute atomic E-state index is 12.2. The summed E-state index contributed by atoms with van der Waals surface area (Å²) in [6, 6.07) is 11.3. The van der Waals surface area contributed by atoms with Crippen molar-refractivity contribution in [2.75, 3.05) is 11.1 Å². The van der Waals surface area contributed by atoms with Gasteiger partial charge in [-0.05, 0) is 30.7 Å². The monoisotopic (exact) mass is 413 g/mol. The molecule has 0 aliphatic heterocycles. The number of carbonyl (C=O) groups excluding carboxylic acids is 2. The summed E-state index contributed by atoms with van der Waals surface area (Å²) >= 11 is 2.66. The van der Waals surface area contributed by atoms with Crippen molar-refractivity contribution in [1.82, 2.24) is 20.5 Å². The molecule has 0 aliphatic carbocycles. The zero-order valence-electron chi connectivity index (χ0n) is 15.2. The van der Waals surface area contributed by atoms with E-state index in [-0.39, 0.29) is 11.8 Å². The first-order valence-electron chi connectivity index (χ1n) is 8.54. The van der Waals surface area contributed by atoms with Crippen molar-refractivity contribution >= 4 is 40.6 Å². The van der Waals surface area contributed by atoms with Crippen molar-refractivity contribution in [2.45, 2.75) is 19.2 Å². The minimum atomic E-state index is -0.285. The number of thioether (sulfide) groups is 1. The number of carbonyl (C=O) groups is 2. The van der Waals surface area contributed by atoms with Crippen LogP contribution in [-0.2, 0) is 17.1 Å². The van der Waals surface area contributed by atoms with Gasteiger partial charge in [0.25, 0.3) is 5.91 Å². The maximum atomic E-state index is 12.2. The van der Waals surface area contributed by atoms with Gasteiger partial charge in [0, 0.05) is 30.4 Å². The third-order valence-electron chi connectivity index (χ3n) is 3.64. The van der Waals surface area contributed by atoms with Gasteiger partial charge in [-0.15, -0.1) is 22.0 Å². The average Bonchev–Trinajstić information content (AvgIpc) is 3.18. The number of pyridine rings is 1. The highest BCUT2D eigenvalue weighted by Gasteiger charge is 2.13. The molecule has 144 valence electrons. The Bertz CT molecular complexity index is 929. The van der Waals surface area contributed by atoms with E-state index >= 15 is 0 Å². The first-order chi connectivity index (χ1) is 13.6. The zero-order valence-corrected chi connectivity index (χ0v) is 16.8. The molecule has 2 amide bonds. The molecule has 1 aromatic carbocycles. The van der Waals surface area contributed by atoms with Gasteiger partial charge in [-0.3, -0.25) is 14.6 Å². The maximum Gasteiger partial charge on any atom is 0.286 e. The predicted molar refractivity (Wildman–Crippen MR) is 111 cm³/mol. The first-order valence-corrected chi connectivity index (χ1v) is 10.5. The summed E-state index contributed by atoms with van der Waals surface area (Å²) in [5.41, 5.74) is 2.79. The van der Waals surface area contributed by atoms with Gasteiger partial charge >= 0.3 is 0 Å². The third-order valence-corrected chi connectivity index (χ3v) is 5.69. The molecular weight excluding hydrogens is 394 g/mol. The van der Waals surface area contributed by atoms with E-state index in [0.29, 0.717) is 33.8 Å². The molecule has 0 saturated heterocycles. The SMILES string of the molecule is Cc1ccc(NC(=O)c2nnc(CSCC(=O)NCc3cccnc3)s2)cc1. The molecule has 0 aliphatic rings. The summed E-state index contributed by atoms with van der Waals surface area (Å²) in [4.78, 5) is 28.1. The van der Waals surface area contributed by atoms with Crippen molar-refractivity contribution < 1.29 is 9.59 Å². The van der Waals surface area contributed by atoms with Gasteiger partial charge < -0.3 is 10.6 Å². The number of anilines is 1. The molecule has 2 N–H and O–H groups in total. The van der Waals surface area contributed by atoms with E-state index in [1.165, 1.54) is 23.1 Å². The lowest BCUT2D eigenvalue weighted by atomic mass is 10.2. The normalized spacial score (nSPS) is 10.5. The van der Waals surface area contributed by atoms with Crippen molar-refractivity contribution in [3.63, 3.8) is 0 Å². The van der Waals surface area contributed by atoms with Crippen LogP contribution in [0.1, 0.15) is 25.9 Å². The topological polar surface area (TPSA) is 96.9 Å². The van der Waals surface area contributed by atoms with Crippen LogP contribution in [0.2, 0.25) is 0 Å². The molecule has 3 rings (SSSR count). The number of hydrogen-bond donors (Lipinski definition) is 2. The van der Waals surface area contributed by atoms with Gasteiger partial charge in [-0.2, -0.15) is 0 Å². The fraction of sp³-hybridized carbons (Fsp3) is 0.211. The van der Waals surface area contributed by atoms with Crippen molar-refractivity contribution in [3.8, 4) is 0 Å². The summed E-state index contributed by atoms with van der Waals surface area (Å²) in [5.74, 6) is 0.489. The minimum Gasteiger partial charge on any atom is -0.351 e. The van der Waals surface area contributed by atoms with Crippen LogP contribution in [0.5, 0.6) is 0 Å². The van der Waals surface area contributed by atoms with E-state index in [2.05, 4.69) is 25.8 Å². The summed E-state index contributed by atoms with van der Waals surface area (Å²) in [6.45, 7) is 2.44. The lowest BCUT2D eigenvalue weighted by Crippen LogP contribution is -2.24. The van der Waals surface area contributed by atoms with Crippen LogP contribution in [0.15, 0.2) is 48.8 Å². The van der Waals surface area contributed by atoms with Crippen LogP contribution >= 0.6 is 23.1 Å². The Morgan fingerprint density at radius 3 is 2.71 bits per heavy atom. The van der Waals surface area contributed by atoms with Crippen molar-refractivity contribution in [3.05, 3.63) is 69.9 Å². The molecule has 0 spiro atoms. The lowest BCUT2D eigenvalue weighted by Gasteiger charge is -2.04. The van der Waals surface area contributed by atoms with Gasteiger partial charge in [0.05, 0.1) is 5.75 Å². The van der Waals surface area contributed by atoms with Crippen LogP contribution in [0.4, 0.5) is 5.69 Å². The molecule has 0 atom stereocenters. The Kier molecular flexibility index (Phi) is 7.10. The molecule has 0 unspecified atom stereocenters. The molecule has 0 bridgehead atoms. The Labute approximate surface area is 171 Å². The largest absolute Gasteiger partial charge is 0.351 e. The van der Waals surface area contributed by atoms with Crippen molar-refractivity contribution in [1.29, 1.82) is 0 Å². The van der Waals surface area contributed by atoms with E-state index in [1.54, 1.807) is 12.4 Å². The van der Waals surface area contributed by atoms with Crippen LogP contribution in [0.25, 0.3) is 0 Å². The number of amides is 2. The van der Waals surface area contributed by atoms with E-state index in [4.69, 9.17) is 0 Å². The number of aryl methyl sites for hydroxylation is 1. The summed E-state index contributed by atoms with van der Waals surface area (Å²) < 4.78 is 0. The highest BCUT2D eigenvalue weighted by atomic mass is 32.2. The molecule has 3 aromatic rings. The molecule has 7 nitrogen and oxygen atoms in total. The smallest absolute Gasteiger partial charge is 0.286 e. The third kappa shape index (κ3) is 6.14.